The third-order valence-electron chi connectivity index (χ3n) is 3.06. The van der Waals surface area contributed by atoms with Crippen molar-refractivity contribution in [2.75, 3.05) is 5.73 Å². The lowest BCUT2D eigenvalue weighted by Crippen LogP contribution is -2.05. The van der Waals surface area contributed by atoms with Gasteiger partial charge >= 0.3 is 0 Å². The third kappa shape index (κ3) is 2.44. The van der Waals surface area contributed by atoms with Crippen LogP contribution in [0.25, 0.3) is 11.5 Å². The molecule has 2 heterocycles. The Kier molecular flexibility index (Phi) is 3.26. The number of hydrogen-bond acceptors (Lipinski definition) is 4. The molecule has 102 valence electrons. The Morgan fingerprint density at radius 1 is 1.15 bits per heavy atom. The molecule has 0 amide bonds. The smallest absolute Gasteiger partial charge is 0.154 e. The lowest BCUT2D eigenvalue weighted by Gasteiger charge is -2.03. The lowest BCUT2D eigenvalue weighted by molar-refractivity contribution is 0.248. The molecule has 0 radical (unpaired) electrons. The third-order valence-corrected chi connectivity index (χ3v) is 3.06. The second kappa shape index (κ2) is 5.22. The van der Waals surface area contributed by atoms with Crippen molar-refractivity contribution in [1.29, 1.82) is 0 Å². The summed E-state index contributed by atoms with van der Waals surface area (Å²) in [5, 5.41) is 13.4. The van der Waals surface area contributed by atoms with E-state index in [1.165, 1.54) is 0 Å². The number of rotatable bonds is 4. The molecular formula is C15H15N3O2. The maximum atomic E-state index is 9.01. The first-order chi connectivity index (χ1) is 9.76. The topological polar surface area (TPSA) is 77.2 Å². The molecule has 0 aliphatic heterocycles. The Morgan fingerprint density at radius 3 is 2.65 bits per heavy atom. The van der Waals surface area contributed by atoms with Crippen LogP contribution >= 0.6 is 0 Å². The van der Waals surface area contributed by atoms with Crippen LogP contribution in [0.3, 0.4) is 0 Å². The van der Waals surface area contributed by atoms with E-state index in [4.69, 9.17) is 15.3 Å². The van der Waals surface area contributed by atoms with Gasteiger partial charge in [0.15, 0.2) is 5.76 Å². The van der Waals surface area contributed by atoms with Gasteiger partial charge < -0.3 is 15.3 Å². The molecule has 0 atom stereocenters. The molecule has 0 saturated heterocycles. The van der Waals surface area contributed by atoms with E-state index in [0.717, 1.165) is 5.56 Å². The summed E-state index contributed by atoms with van der Waals surface area (Å²) < 4.78 is 7.18. The van der Waals surface area contributed by atoms with Gasteiger partial charge in [-0.1, -0.05) is 30.3 Å². The first-order valence-corrected chi connectivity index (χ1v) is 6.33. The van der Waals surface area contributed by atoms with E-state index in [1.807, 2.05) is 30.3 Å². The van der Waals surface area contributed by atoms with Crippen LogP contribution in [0.4, 0.5) is 5.82 Å². The summed E-state index contributed by atoms with van der Waals surface area (Å²) >= 11 is 0. The van der Waals surface area contributed by atoms with Crippen LogP contribution in [0.15, 0.2) is 52.9 Å². The summed E-state index contributed by atoms with van der Waals surface area (Å²) in [6.45, 7) is 0.487. The Hall–Kier alpha value is -2.53. The van der Waals surface area contributed by atoms with Crippen molar-refractivity contribution in [3.8, 4) is 11.5 Å². The molecule has 2 aromatic heterocycles. The molecular weight excluding hydrogens is 254 g/mol. The van der Waals surface area contributed by atoms with Crippen molar-refractivity contribution >= 4 is 5.82 Å². The van der Waals surface area contributed by atoms with Gasteiger partial charge in [-0.05, 0) is 17.7 Å². The fourth-order valence-electron chi connectivity index (χ4n) is 2.04. The van der Waals surface area contributed by atoms with Gasteiger partial charge in [-0.3, -0.25) is 0 Å². The highest BCUT2D eigenvalue weighted by Gasteiger charge is 2.11. The zero-order valence-corrected chi connectivity index (χ0v) is 10.9. The maximum Gasteiger partial charge on any atom is 0.154 e. The van der Waals surface area contributed by atoms with Gasteiger partial charge in [0.05, 0.1) is 6.54 Å². The van der Waals surface area contributed by atoms with E-state index in [9.17, 15) is 0 Å². The summed E-state index contributed by atoms with van der Waals surface area (Å²) in [6, 6.07) is 15.3. The second-order valence-corrected chi connectivity index (χ2v) is 4.52. The molecule has 3 N–H and O–H groups in total. The molecule has 5 heteroatoms. The molecule has 3 rings (SSSR count). The Balaban J connectivity index is 1.87. The van der Waals surface area contributed by atoms with Crippen LogP contribution in [0.5, 0.6) is 0 Å². The fraction of sp³-hybridized carbons (Fsp3) is 0.133. The zero-order valence-electron chi connectivity index (χ0n) is 10.9. The van der Waals surface area contributed by atoms with Gasteiger partial charge in [-0.2, -0.15) is 5.10 Å². The molecule has 0 fully saturated rings. The quantitative estimate of drug-likeness (QED) is 0.761. The maximum absolute atomic E-state index is 9.01. The summed E-state index contributed by atoms with van der Waals surface area (Å²) in [7, 11) is 0. The van der Waals surface area contributed by atoms with Gasteiger partial charge in [0, 0.05) is 6.07 Å². The van der Waals surface area contributed by atoms with Crippen molar-refractivity contribution in [2.45, 2.75) is 13.2 Å². The molecule has 0 bridgehead atoms. The molecule has 0 saturated carbocycles. The number of aromatic nitrogens is 2. The van der Waals surface area contributed by atoms with Crippen LogP contribution < -0.4 is 5.73 Å². The Labute approximate surface area is 116 Å². The minimum Gasteiger partial charge on any atom is -0.457 e. The number of nitrogens with two attached hydrogens (primary N) is 1. The van der Waals surface area contributed by atoms with Crippen LogP contribution in [-0.4, -0.2) is 14.9 Å². The minimum atomic E-state index is -0.125. The standard InChI is InChI=1S/C15H15N3O2/c16-15-8-13(14-7-6-12(10-19)20-14)17-18(15)9-11-4-2-1-3-5-11/h1-8,19H,9-10,16H2. The normalized spacial score (nSPS) is 10.8. The van der Waals surface area contributed by atoms with E-state index < -0.39 is 0 Å². The average Bonchev–Trinajstić information content (AvgIpc) is 3.07. The second-order valence-electron chi connectivity index (χ2n) is 4.52. The molecule has 3 aromatic rings. The predicted molar refractivity (Wildman–Crippen MR) is 75.8 cm³/mol. The van der Waals surface area contributed by atoms with Crippen molar-refractivity contribution in [3.05, 3.63) is 59.9 Å². The van der Waals surface area contributed by atoms with E-state index in [1.54, 1.807) is 22.9 Å². The SMILES string of the molecule is Nc1cc(-c2ccc(CO)o2)nn1Cc1ccccc1. The van der Waals surface area contributed by atoms with E-state index in [0.29, 0.717) is 29.6 Å². The molecule has 0 unspecified atom stereocenters. The number of benzene rings is 1. The number of anilines is 1. The molecule has 5 nitrogen and oxygen atoms in total. The minimum absolute atomic E-state index is 0.125. The van der Waals surface area contributed by atoms with Crippen LogP contribution in [0, 0.1) is 0 Å². The van der Waals surface area contributed by atoms with Gasteiger partial charge in [-0.25, -0.2) is 4.68 Å². The molecule has 0 aliphatic carbocycles. The lowest BCUT2D eigenvalue weighted by atomic mass is 10.2. The number of aliphatic hydroxyl groups excluding tert-OH is 1. The van der Waals surface area contributed by atoms with Gasteiger partial charge in [0.2, 0.25) is 0 Å². The van der Waals surface area contributed by atoms with Gasteiger partial charge in [-0.15, -0.1) is 0 Å². The van der Waals surface area contributed by atoms with Crippen molar-refractivity contribution in [2.24, 2.45) is 0 Å². The van der Waals surface area contributed by atoms with E-state index in [-0.39, 0.29) is 6.61 Å². The fourth-order valence-corrected chi connectivity index (χ4v) is 2.04. The average molecular weight is 269 g/mol. The number of nitrogen functional groups attached to an aromatic ring is 1. The van der Waals surface area contributed by atoms with E-state index >= 15 is 0 Å². The predicted octanol–water partition coefficient (Wildman–Crippen LogP) is 2.27. The van der Waals surface area contributed by atoms with Crippen LogP contribution in [0.2, 0.25) is 0 Å². The highest BCUT2D eigenvalue weighted by molar-refractivity contribution is 5.57. The van der Waals surface area contributed by atoms with E-state index in [2.05, 4.69) is 5.10 Å². The first-order valence-electron chi connectivity index (χ1n) is 6.33. The first kappa shape index (κ1) is 12.5. The highest BCUT2D eigenvalue weighted by atomic mass is 16.4. The highest BCUT2D eigenvalue weighted by Crippen LogP contribution is 2.23. The summed E-state index contributed by atoms with van der Waals surface area (Å²) in [6.07, 6.45) is 0. The van der Waals surface area contributed by atoms with Gasteiger partial charge in [0.25, 0.3) is 0 Å². The summed E-state index contributed by atoms with van der Waals surface area (Å²) in [5.41, 5.74) is 7.77. The molecule has 20 heavy (non-hydrogen) atoms. The van der Waals surface area contributed by atoms with Crippen molar-refractivity contribution in [1.82, 2.24) is 9.78 Å². The largest absolute Gasteiger partial charge is 0.457 e. The Morgan fingerprint density at radius 2 is 1.95 bits per heavy atom. The number of hydrogen-bond donors (Lipinski definition) is 2. The van der Waals surface area contributed by atoms with Crippen LogP contribution in [-0.2, 0) is 13.2 Å². The number of furan rings is 1. The Bertz CT molecular complexity index is 701. The molecule has 1 aromatic carbocycles. The van der Waals surface area contributed by atoms with Gasteiger partial charge in [0.1, 0.15) is 23.9 Å². The summed E-state index contributed by atoms with van der Waals surface area (Å²) in [4.78, 5) is 0. The zero-order chi connectivity index (χ0) is 13.9. The number of nitrogens with zero attached hydrogens (tertiary/aromatic N) is 2. The summed E-state index contributed by atoms with van der Waals surface area (Å²) in [5.74, 6) is 1.69. The van der Waals surface area contributed by atoms with Crippen molar-refractivity contribution < 1.29 is 9.52 Å². The van der Waals surface area contributed by atoms with Crippen molar-refractivity contribution in [3.63, 3.8) is 0 Å². The molecule has 0 aliphatic rings. The molecule has 0 spiro atoms. The monoisotopic (exact) mass is 269 g/mol. The number of aliphatic hydroxyl groups is 1. The van der Waals surface area contributed by atoms with Crippen LogP contribution in [0.1, 0.15) is 11.3 Å².